The van der Waals surface area contributed by atoms with Crippen molar-refractivity contribution in [3.63, 3.8) is 0 Å². The zero-order chi connectivity index (χ0) is 21.6. The highest BCUT2D eigenvalue weighted by molar-refractivity contribution is 8.04. The molecule has 8 heteroatoms. The third kappa shape index (κ3) is 5.87. The fourth-order valence-corrected chi connectivity index (χ4v) is 5.73. The molecule has 0 aromatic heterocycles. The van der Waals surface area contributed by atoms with Gasteiger partial charge in [0.1, 0.15) is 5.82 Å². The average Bonchev–Trinajstić information content (AvgIpc) is 2.79. The van der Waals surface area contributed by atoms with Crippen molar-refractivity contribution in [3.05, 3.63) is 40.6 Å². The minimum absolute atomic E-state index is 0.0203. The van der Waals surface area contributed by atoms with Crippen LogP contribution in [0.5, 0.6) is 0 Å². The minimum atomic E-state index is -0.334. The average molecular weight is 448 g/mol. The summed E-state index contributed by atoms with van der Waals surface area (Å²) in [5.74, 6) is -0.490. The lowest BCUT2D eigenvalue weighted by Gasteiger charge is -2.39. The predicted molar refractivity (Wildman–Crippen MR) is 120 cm³/mol. The van der Waals surface area contributed by atoms with Gasteiger partial charge in [0.25, 0.3) is 5.91 Å². The lowest BCUT2D eigenvalue weighted by Crippen LogP contribution is -2.51. The third-order valence-corrected chi connectivity index (χ3v) is 7.65. The van der Waals surface area contributed by atoms with E-state index < -0.39 is 0 Å². The number of fused-ring (bicyclic) bond motifs is 1. The highest BCUT2D eigenvalue weighted by Crippen LogP contribution is 2.40. The van der Waals surface area contributed by atoms with Gasteiger partial charge in [0.05, 0.1) is 18.1 Å². The maximum atomic E-state index is 13.9. The molecule has 3 atom stereocenters. The van der Waals surface area contributed by atoms with Crippen molar-refractivity contribution in [2.24, 2.45) is 5.92 Å². The molecular formula is C23H30FN3O3S. The summed E-state index contributed by atoms with van der Waals surface area (Å²) in [5.41, 5.74) is 0.420. The monoisotopic (exact) mass is 447 g/mol. The molecule has 1 aromatic rings. The van der Waals surface area contributed by atoms with E-state index in [1.54, 1.807) is 24.3 Å². The zero-order valence-corrected chi connectivity index (χ0v) is 18.5. The molecule has 2 aliphatic heterocycles. The number of hydrogen-bond donors (Lipinski definition) is 2. The number of rotatable bonds is 6. The predicted octanol–water partition coefficient (Wildman–Crippen LogP) is 2.41. The number of carbonyl (C=O) groups is 2. The van der Waals surface area contributed by atoms with Crippen LogP contribution in [-0.2, 0) is 14.3 Å². The summed E-state index contributed by atoms with van der Waals surface area (Å²) in [5, 5.41) is 6.35. The highest BCUT2D eigenvalue weighted by atomic mass is 32.2. The molecule has 2 amide bonds. The van der Waals surface area contributed by atoms with E-state index in [1.165, 1.54) is 17.8 Å². The van der Waals surface area contributed by atoms with Crippen molar-refractivity contribution in [2.45, 2.75) is 37.0 Å². The molecular weight excluding hydrogens is 417 g/mol. The molecule has 1 aliphatic carbocycles. The number of nitrogens with zero attached hydrogens (tertiary/aromatic N) is 1. The van der Waals surface area contributed by atoms with Crippen LogP contribution >= 0.6 is 11.8 Å². The van der Waals surface area contributed by atoms with Crippen molar-refractivity contribution < 1.29 is 18.7 Å². The topological polar surface area (TPSA) is 70.7 Å². The van der Waals surface area contributed by atoms with Gasteiger partial charge in [-0.3, -0.25) is 14.5 Å². The van der Waals surface area contributed by atoms with Gasteiger partial charge in [0, 0.05) is 42.4 Å². The molecule has 0 radical (unpaired) electrons. The van der Waals surface area contributed by atoms with Gasteiger partial charge < -0.3 is 15.4 Å². The summed E-state index contributed by atoms with van der Waals surface area (Å²) in [7, 11) is 0. The molecule has 2 heterocycles. The summed E-state index contributed by atoms with van der Waals surface area (Å²) in [6.07, 6.45) is 4.88. The van der Waals surface area contributed by atoms with Gasteiger partial charge in [-0.15, -0.1) is 11.8 Å². The molecule has 4 rings (SSSR count). The standard InChI is InChI=1S/C23H30FN3O3S/c24-18-5-2-1-4-16(18)15-21-23(29)26-19-14-17(6-7-20(19)31-21)22(28)25-8-3-9-27-10-12-30-13-11-27/h1-2,4-5,15,17,19-20H,3,6-14H2,(H,25,28)(H,26,29)/b21-15+. The van der Waals surface area contributed by atoms with Crippen LogP contribution in [0.25, 0.3) is 6.08 Å². The SMILES string of the molecule is O=C1NC2CC(C(=O)NCCCN3CCOCC3)CCC2S/C1=C/c1ccccc1F. The van der Waals surface area contributed by atoms with Crippen molar-refractivity contribution in [2.75, 3.05) is 39.4 Å². The molecule has 0 spiro atoms. The zero-order valence-electron chi connectivity index (χ0n) is 17.6. The summed E-state index contributed by atoms with van der Waals surface area (Å²) in [4.78, 5) is 28.1. The van der Waals surface area contributed by atoms with Gasteiger partial charge in [0.2, 0.25) is 5.91 Å². The Labute approximate surface area is 187 Å². The smallest absolute Gasteiger partial charge is 0.257 e. The number of halogens is 1. The first-order valence-corrected chi connectivity index (χ1v) is 12.0. The Kier molecular flexibility index (Phi) is 7.63. The van der Waals surface area contributed by atoms with Crippen molar-refractivity contribution in [1.29, 1.82) is 0 Å². The number of amides is 2. The Morgan fingerprint density at radius 3 is 2.90 bits per heavy atom. The Morgan fingerprint density at radius 2 is 2.10 bits per heavy atom. The van der Waals surface area contributed by atoms with Crippen LogP contribution in [0.2, 0.25) is 0 Å². The maximum absolute atomic E-state index is 13.9. The Hall–Kier alpha value is -1.90. The Balaban J connectivity index is 1.24. The number of hydrogen-bond acceptors (Lipinski definition) is 5. The number of nitrogens with one attached hydrogen (secondary N) is 2. The van der Waals surface area contributed by atoms with Gasteiger partial charge >= 0.3 is 0 Å². The molecule has 31 heavy (non-hydrogen) atoms. The first-order chi connectivity index (χ1) is 15.1. The van der Waals surface area contributed by atoms with Crippen LogP contribution in [0.3, 0.4) is 0 Å². The minimum Gasteiger partial charge on any atom is -0.379 e. The van der Waals surface area contributed by atoms with Crippen molar-refractivity contribution in [3.8, 4) is 0 Å². The largest absolute Gasteiger partial charge is 0.379 e. The second-order valence-electron chi connectivity index (χ2n) is 8.37. The van der Waals surface area contributed by atoms with Crippen LogP contribution in [0.1, 0.15) is 31.2 Å². The number of morpholine rings is 1. The lowest BCUT2D eigenvalue weighted by atomic mass is 9.84. The third-order valence-electron chi connectivity index (χ3n) is 6.22. The van der Waals surface area contributed by atoms with E-state index in [0.717, 1.165) is 52.1 Å². The summed E-state index contributed by atoms with van der Waals surface area (Å²) in [6, 6.07) is 6.44. The quantitative estimate of drug-likeness (QED) is 0.518. The van der Waals surface area contributed by atoms with E-state index in [-0.39, 0.29) is 34.8 Å². The Morgan fingerprint density at radius 1 is 1.29 bits per heavy atom. The first kappa shape index (κ1) is 22.3. The van der Waals surface area contributed by atoms with E-state index >= 15 is 0 Å². The van der Waals surface area contributed by atoms with E-state index in [4.69, 9.17) is 4.74 Å². The van der Waals surface area contributed by atoms with Gasteiger partial charge in [-0.05, 0) is 44.4 Å². The van der Waals surface area contributed by atoms with Gasteiger partial charge in [0.15, 0.2) is 0 Å². The van der Waals surface area contributed by atoms with Gasteiger partial charge in [-0.25, -0.2) is 4.39 Å². The number of ether oxygens (including phenoxy) is 1. The van der Waals surface area contributed by atoms with Crippen LogP contribution in [0.15, 0.2) is 29.2 Å². The maximum Gasteiger partial charge on any atom is 0.257 e. The second-order valence-corrected chi connectivity index (χ2v) is 9.66. The fourth-order valence-electron chi connectivity index (χ4n) is 4.45. The fraction of sp³-hybridized carbons (Fsp3) is 0.565. The summed E-state index contributed by atoms with van der Waals surface area (Å²) < 4.78 is 19.3. The molecule has 1 aromatic carbocycles. The highest BCUT2D eigenvalue weighted by Gasteiger charge is 2.39. The van der Waals surface area contributed by atoms with Crippen molar-refractivity contribution in [1.82, 2.24) is 15.5 Å². The lowest BCUT2D eigenvalue weighted by molar-refractivity contribution is -0.127. The molecule has 3 fully saturated rings. The van der Waals surface area contributed by atoms with E-state index in [9.17, 15) is 14.0 Å². The molecule has 2 saturated heterocycles. The van der Waals surface area contributed by atoms with Crippen LogP contribution < -0.4 is 10.6 Å². The first-order valence-electron chi connectivity index (χ1n) is 11.1. The molecule has 6 nitrogen and oxygen atoms in total. The summed E-state index contributed by atoms with van der Waals surface area (Å²) in [6.45, 7) is 5.16. The summed E-state index contributed by atoms with van der Waals surface area (Å²) >= 11 is 1.51. The number of carbonyl (C=O) groups excluding carboxylic acids is 2. The number of thioether (sulfide) groups is 1. The molecule has 2 N–H and O–H groups in total. The van der Waals surface area contributed by atoms with Gasteiger partial charge in [-0.1, -0.05) is 18.2 Å². The number of benzene rings is 1. The van der Waals surface area contributed by atoms with Crippen molar-refractivity contribution >= 4 is 29.7 Å². The Bertz CT molecular complexity index is 828. The van der Waals surface area contributed by atoms with E-state index in [2.05, 4.69) is 15.5 Å². The normalized spacial score (nSPS) is 28.1. The molecule has 3 unspecified atom stereocenters. The van der Waals surface area contributed by atoms with Crippen LogP contribution in [0, 0.1) is 11.7 Å². The molecule has 0 bridgehead atoms. The van der Waals surface area contributed by atoms with Crippen LogP contribution in [-0.4, -0.2) is 67.4 Å². The molecule has 3 aliphatic rings. The van der Waals surface area contributed by atoms with Gasteiger partial charge in [-0.2, -0.15) is 0 Å². The molecule has 1 saturated carbocycles. The van der Waals surface area contributed by atoms with Crippen LogP contribution in [0.4, 0.5) is 4.39 Å². The molecule has 168 valence electrons. The second kappa shape index (κ2) is 10.6. The van der Waals surface area contributed by atoms with E-state index in [0.29, 0.717) is 23.4 Å². The van der Waals surface area contributed by atoms with E-state index in [1.807, 2.05) is 0 Å².